The number of hydrogen-bond donors (Lipinski definition) is 1. The van der Waals surface area contributed by atoms with Crippen LogP contribution in [0.25, 0.3) is 0 Å². The Balaban J connectivity index is 1.61. The zero-order chi connectivity index (χ0) is 25.2. The molecule has 0 spiro atoms. The molecule has 35 heavy (non-hydrogen) atoms. The van der Waals surface area contributed by atoms with Gasteiger partial charge in [0.15, 0.2) is 0 Å². The number of likely N-dealkylation sites (N-methyl/N-ethyl adjacent to an activating group) is 1. The van der Waals surface area contributed by atoms with Crippen molar-refractivity contribution in [2.24, 2.45) is 0 Å². The predicted octanol–water partition coefficient (Wildman–Crippen LogP) is 5.85. The minimum absolute atomic E-state index is 0.0193. The van der Waals surface area contributed by atoms with Gasteiger partial charge in [0, 0.05) is 19.2 Å². The van der Waals surface area contributed by atoms with Crippen LogP contribution in [0.2, 0.25) is 10.0 Å². The molecule has 1 aliphatic heterocycles. The molecule has 4 rings (SSSR count). The Kier molecular flexibility index (Phi) is 7.43. The first-order valence-corrected chi connectivity index (χ1v) is 13.1. The molecular formula is C25H23Cl2N3O4S. The van der Waals surface area contributed by atoms with E-state index in [1.807, 2.05) is 13.1 Å². The molecule has 182 valence electrons. The molecule has 10 heteroatoms. The van der Waals surface area contributed by atoms with Crippen molar-refractivity contribution in [1.29, 1.82) is 5.26 Å². The Labute approximate surface area is 214 Å². The van der Waals surface area contributed by atoms with E-state index in [0.29, 0.717) is 22.0 Å². The summed E-state index contributed by atoms with van der Waals surface area (Å²) >= 11 is 12.5. The third kappa shape index (κ3) is 5.65. The van der Waals surface area contributed by atoms with Gasteiger partial charge in [-0.25, -0.2) is 8.42 Å². The molecule has 0 aromatic heterocycles. The van der Waals surface area contributed by atoms with Gasteiger partial charge < -0.3 is 14.4 Å². The SMILES string of the molecule is Cc1ccc(Oc2ccccc2S(=O)(=O)Nc2ccc(Cl)c(O[C@@H]3CCN(C)C3)c2)c(C#N)c1Cl. The standard InChI is InChI=1S/C25H23Cl2N3O4S/c1-16-7-10-21(19(14-28)25(16)27)34-22-5-3-4-6-24(22)35(31,32)29-17-8-9-20(26)23(13-17)33-18-11-12-30(2)15-18/h3-10,13,18,29H,11-12,15H2,1-2H3/t18-/m1/s1. The second kappa shape index (κ2) is 10.3. The highest BCUT2D eigenvalue weighted by molar-refractivity contribution is 7.92. The van der Waals surface area contributed by atoms with Crippen LogP contribution in [0.3, 0.4) is 0 Å². The Morgan fingerprint density at radius 2 is 1.86 bits per heavy atom. The number of rotatable bonds is 7. The molecule has 0 radical (unpaired) electrons. The number of benzene rings is 3. The number of nitriles is 1. The third-order valence-electron chi connectivity index (χ3n) is 5.59. The van der Waals surface area contributed by atoms with E-state index in [9.17, 15) is 13.7 Å². The highest BCUT2D eigenvalue weighted by Crippen LogP contribution is 2.36. The summed E-state index contributed by atoms with van der Waals surface area (Å²) in [7, 11) is -2.05. The van der Waals surface area contributed by atoms with Gasteiger partial charge in [-0.15, -0.1) is 0 Å². The van der Waals surface area contributed by atoms with Crippen LogP contribution < -0.4 is 14.2 Å². The summed E-state index contributed by atoms with van der Waals surface area (Å²) in [5, 5.41) is 10.2. The summed E-state index contributed by atoms with van der Waals surface area (Å²) in [6.07, 6.45) is 0.843. The molecule has 7 nitrogen and oxygen atoms in total. The lowest BCUT2D eigenvalue weighted by molar-refractivity contribution is 0.208. The lowest BCUT2D eigenvalue weighted by Gasteiger charge is -2.17. The Hall–Kier alpha value is -2.96. The van der Waals surface area contributed by atoms with Crippen LogP contribution in [0.15, 0.2) is 59.5 Å². The van der Waals surface area contributed by atoms with Gasteiger partial charge in [-0.1, -0.05) is 41.4 Å². The second-order valence-electron chi connectivity index (χ2n) is 8.27. The summed E-state index contributed by atoms with van der Waals surface area (Å²) < 4.78 is 41.0. The van der Waals surface area contributed by atoms with Crippen LogP contribution in [0.1, 0.15) is 17.5 Å². The first-order valence-electron chi connectivity index (χ1n) is 10.8. The van der Waals surface area contributed by atoms with E-state index >= 15 is 0 Å². The maximum absolute atomic E-state index is 13.3. The van der Waals surface area contributed by atoms with Crippen molar-refractivity contribution in [1.82, 2.24) is 4.90 Å². The van der Waals surface area contributed by atoms with Gasteiger partial charge in [0.1, 0.15) is 39.9 Å². The topological polar surface area (TPSA) is 91.7 Å². The largest absolute Gasteiger partial charge is 0.487 e. The van der Waals surface area contributed by atoms with Gasteiger partial charge in [-0.05, 0) is 56.3 Å². The summed E-state index contributed by atoms with van der Waals surface area (Å²) in [5.74, 6) is 0.620. The average Bonchev–Trinajstić information content (AvgIpc) is 3.23. The summed E-state index contributed by atoms with van der Waals surface area (Å²) in [4.78, 5) is 2.05. The fraction of sp³-hybridized carbons (Fsp3) is 0.240. The Morgan fingerprint density at radius 1 is 1.09 bits per heavy atom. The molecule has 1 fully saturated rings. The fourth-order valence-corrected chi connectivity index (χ4v) is 5.30. The molecule has 1 saturated heterocycles. The van der Waals surface area contributed by atoms with E-state index in [1.54, 1.807) is 49.4 Å². The smallest absolute Gasteiger partial charge is 0.265 e. The lowest BCUT2D eigenvalue weighted by atomic mass is 10.1. The van der Waals surface area contributed by atoms with Crippen molar-refractivity contribution in [3.8, 4) is 23.3 Å². The number of para-hydroxylation sites is 1. The quantitative estimate of drug-likeness (QED) is 0.411. The number of hydrogen-bond acceptors (Lipinski definition) is 6. The maximum atomic E-state index is 13.3. The predicted molar refractivity (Wildman–Crippen MR) is 136 cm³/mol. The minimum Gasteiger partial charge on any atom is -0.487 e. The van der Waals surface area contributed by atoms with Crippen LogP contribution >= 0.6 is 23.2 Å². The Bertz CT molecular complexity index is 1410. The summed E-state index contributed by atoms with van der Waals surface area (Å²) in [6, 6.07) is 16.2. The summed E-state index contributed by atoms with van der Waals surface area (Å²) in [6.45, 7) is 3.46. The summed E-state index contributed by atoms with van der Waals surface area (Å²) in [5.41, 5.74) is 1.13. The molecule has 0 aliphatic carbocycles. The fourth-order valence-electron chi connectivity index (χ4n) is 3.76. The first-order chi connectivity index (χ1) is 16.7. The second-order valence-corrected chi connectivity index (χ2v) is 10.7. The van der Waals surface area contributed by atoms with Crippen LogP contribution in [0.5, 0.6) is 17.2 Å². The lowest BCUT2D eigenvalue weighted by Crippen LogP contribution is -2.21. The van der Waals surface area contributed by atoms with Crippen LogP contribution in [-0.2, 0) is 10.0 Å². The van der Waals surface area contributed by atoms with Crippen LogP contribution in [0, 0.1) is 18.3 Å². The molecule has 0 bridgehead atoms. The molecule has 1 atom stereocenters. The van der Waals surface area contributed by atoms with Gasteiger partial charge in [-0.3, -0.25) is 4.72 Å². The molecule has 3 aromatic carbocycles. The van der Waals surface area contributed by atoms with Crippen molar-refractivity contribution in [2.75, 3.05) is 24.9 Å². The highest BCUT2D eigenvalue weighted by Gasteiger charge is 2.24. The molecule has 0 saturated carbocycles. The minimum atomic E-state index is -4.07. The normalized spacial score (nSPS) is 16.0. The zero-order valence-electron chi connectivity index (χ0n) is 19.1. The van der Waals surface area contributed by atoms with Gasteiger partial charge in [0.25, 0.3) is 10.0 Å². The van der Waals surface area contributed by atoms with E-state index in [-0.39, 0.29) is 33.1 Å². The van der Waals surface area contributed by atoms with E-state index < -0.39 is 10.0 Å². The van der Waals surface area contributed by atoms with E-state index in [4.69, 9.17) is 32.7 Å². The molecule has 1 heterocycles. The van der Waals surface area contributed by atoms with Crippen molar-refractivity contribution in [3.05, 3.63) is 75.8 Å². The number of anilines is 1. The van der Waals surface area contributed by atoms with Gasteiger partial charge >= 0.3 is 0 Å². The average molecular weight is 532 g/mol. The number of nitrogens with zero attached hydrogens (tertiary/aromatic N) is 2. The maximum Gasteiger partial charge on any atom is 0.265 e. The van der Waals surface area contributed by atoms with Crippen molar-refractivity contribution < 1.29 is 17.9 Å². The van der Waals surface area contributed by atoms with Crippen molar-refractivity contribution >= 4 is 38.9 Å². The Morgan fingerprint density at radius 3 is 2.57 bits per heavy atom. The van der Waals surface area contributed by atoms with E-state index in [2.05, 4.69) is 9.62 Å². The first kappa shape index (κ1) is 25.1. The number of ether oxygens (including phenoxy) is 2. The monoisotopic (exact) mass is 531 g/mol. The number of sulfonamides is 1. The van der Waals surface area contributed by atoms with Crippen molar-refractivity contribution in [2.45, 2.75) is 24.3 Å². The van der Waals surface area contributed by atoms with Gasteiger partial charge in [-0.2, -0.15) is 5.26 Å². The van der Waals surface area contributed by atoms with E-state index in [1.165, 1.54) is 12.1 Å². The third-order valence-corrected chi connectivity index (χ3v) is 7.81. The number of aryl methyl sites for hydroxylation is 1. The highest BCUT2D eigenvalue weighted by atomic mass is 35.5. The number of nitrogens with one attached hydrogen (secondary N) is 1. The molecule has 0 unspecified atom stereocenters. The molecule has 1 aliphatic rings. The van der Waals surface area contributed by atoms with E-state index in [0.717, 1.165) is 19.5 Å². The number of likely N-dealkylation sites (tertiary alicyclic amines) is 1. The van der Waals surface area contributed by atoms with Crippen molar-refractivity contribution in [3.63, 3.8) is 0 Å². The molecule has 3 aromatic rings. The zero-order valence-corrected chi connectivity index (χ0v) is 21.4. The van der Waals surface area contributed by atoms with Crippen LogP contribution in [0.4, 0.5) is 5.69 Å². The van der Waals surface area contributed by atoms with Crippen LogP contribution in [-0.4, -0.2) is 39.6 Å². The molecular weight excluding hydrogens is 509 g/mol. The molecule has 1 N–H and O–H groups in total. The number of halogens is 2. The van der Waals surface area contributed by atoms with Gasteiger partial charge in [0.05, 0.1) is 15.7 Å². The van der Waals surface area contributed by atoms with Gasteiger partial charge in [0.2, 0.25) is 0 Å². The molecule has 0 amide bonds.